The number of carbonyl (C=O) groups excluding carboxylic acids is 1. The highest BCUT2D eigenvalue weighted by molar-refractivity contribution is 6.31. The van der Waals surface area contributed by atoms with Crippen molar-refractivity contribution in [3.63, 3.8) is 0 Å². The van der Waals surface area contributed by atoms with Crippen molar-refractivity contribution in [2.45, 2.75) is 39.2 Å². The summed E-state index contributed by atoms with van der Waals surface area (Å²) in [5.74, 6) is 1.16. The van der Waals surface area contributed by atoms with Crippen molar-refractivity contribution in [2.75, 3.05) is 18.0 Å². The monoisotopic (exact) mass is 334 g/mol. The Morgan fingerprint density at radius 3 is 2.91 bits per heavy atom. The lowest BCUT2D eigenvalue weighted by atomic mass is 9.95. The predicted octanol–water partition coefficient (Wildman–Crippen LogP) is 3.35. The third-order valence-corrected chi connectivity index (χ3v) is 4.83. The van der Waals surface area contributed by atoms with Gasteiger partial charge in [0, 0.05) is 30.1 Å². The maximum Gasteiger partial charge on any atom is 0.223 e. The Bertz CT molecular complexity index is 691. The van der Waals surface area contributed by atoms with Crippen LogP contribution in [-0.4, -0.2) is 35.0 Å². The second kappa shape index (κ2) is 6.79. The number of H-pyrrole nitrogens is 1. The number of halogens is 1. The van der Waals surface area contributed by atoms with Gasteiger partial charge in [-0.2, -0.15) is 0 Å². The fourth-order valence-corrected chi connectivity index (χ4v) is 3.11. The van der Waals surface area contributed by atoms with Crippen molar-refractivity contribution in [1.29, 1.82) is 0 Å². The normalized spacial score (nSPS) is 17.4. The third kappa shape index (κ3) is 3.61. The molecule has 1 aromatic heterocycles. The summed E-state index contributed by atoms with van der Waals surface area (Å²) in [5, 5.41) is 3.79. The van der Waals surface area contributed by atoms with Crippen molar-refractivity contribution < 1.29 is 4.79 Å². The minimum atomic E-state index is 0.110. The zero-order valence-corrected chi connectivity index (χ0v) is 14.4. The predicted molar refractivity (Wildman–Crippen MR) is 93.9 cm³/mol. The van der Waals surface area contributed by atoms with Crippen molar-refractivity contribution in [3.8, 4) is 0 Å². The van der Waals surface area contributed by atoms with Crippen LogP contribution in [0.1, 0.15) is 33.1 Å². The Morgan fingerprint density at radius 1 is 1.48 bits per heavy atom. The molecule has 1 amide bonds. The van der Waals surface area contributed by atoms with Crippen LogP contribution in [-0.2, 0) is 4.79 Å². The van der Waals surface area contributed by atoms with E-state index in [0.717, 1.165) is 49.3 Å². The second-order valence-electron chi connectivity index (χ2n) is 6.30. The number of aromatic amines is 1. The molecule has 2 aromatic rings. The van der Waals surface area contributed by atoms with Gasteiger partial charge in [-0.15, -0.1) is 0 Å². The van der Waals surface area contributed by atoms with Crippen LogP contribution in [0.2, 0.25) is 5.02 Å². The highest BCUT2D eigenvalue weighted by Gasteiger charge is 2.26. The second-order valence-corrected chi connectivity index (χ2v) is 6.74. The molecular formula is C17H23ClN4O. The van der Waals surface area contributed by atoms with E-state index in [0.29, 0.717) is 5.02 Å². The Labute approximate surface area is 141 Å². The van der Waals surface area contributed by atoms with Gasteiger partial charge in [0.1, 0.15) is 0 Å². The van der Waals surface area contributed by atoms with Crippen LogP contribution in [0.5, 0.6) is 0 Å². The molecule has 0 bridgehead atoms. The molecule has 2 N–H and O–H groups in total. The number of nitrogens with zero attached hydrogens (tertiary/aromatic N) is 2. The maximum atomic E-state index is 12.2. The van der Waals surface area contributed by atoms with Crippen LogP contribution in [0.15, 0.2) is 18.2 Å². The van der Waals surface area contributed by atoms with E-state index in [2.05, 4.69) is 27.1 Å². The highest BCUT2D eigenvalue weighted by atomic mass is 35.5. The lowest BCUT2D eigenvalue weighted by Crippen LogP contribution is -2.43. The van der Waals surface area contributed by atoms with Gasteiger partial charge < -0.3 is 15.2 Å². The van der Waals surface area contributed by atoms with Crippen molar-refractivity contribution in [3.05, 3.63) is 23.2 Å². The summed E-state index contributed by atoms with van der Waals surface area (Å²) in [6.07, 6.45) is 2.69. The first-order valence-corrected chi connectivity index (χ1v) is 8.65. The highest BCUT2D eigenvalue weighted by Crippen LogP contribution is 2.25. The van der Waals surface area contributed by atoms with Gasteiger partial charge in [-0.05, 0) is 44.4 Å². The van der Waals surface area contributed by atoms with Crippen molar-refractivity contribution >= 4 is 34.5 Å². The summed E-state index contributed by atoms with van der Waals surface area (Å²) < 4.78 is 0. The number of benzene rings is 1. The molecule has 1 atom stereocenters. The van der Waals surface area contributed by atoms with Gasteiger partial charge in [0.2, 0.25) is 11.9 Å². The number of aromatic nitrogens is 2. The Balaban J connectivity index is 1.62. The zero-order valence-electron chi connectivity index (χ0n) is 13.6. The molecule has 0 radical (unpaired) electrons. The van der Waals surface area contributed by atoms with Gasteiger partial charge in [-0.25, -0.2) is 4.98 Å². The Kier molecular flexibility index (Phi) is 4.76. The quantitative estimate of drug-likeness (QED) is 0.901. The molecule has 0 spiro atoms. The summed E-state index contributed by atoms with van der Waals surface area (Å²) in [6.45, 7) is 5.81. The van der Waals surface area contributed by atoms with Crippen LogP contribution in [0.25, 0.3) is 11.0 Å². The number of nitrogens with one attached hydrogen (secondary N) is 2. The SMILES string of the molecule is CCC(C)NC(=O)C1CCN(c2nc3ccc(Cl)cc3[nH]2)CC1. The standard InChI is InChI=1S/C17H23ClN4O/c1-3-11(2)19-16(23)12-6-8-22(9-7-12)17-20-14-5-4-13(18)10-15(14)21-17/h4-5,10-12H,3,6-9H2,1-2H3,(H,19,23)(H,20,21). The van der Waals surface area contributed by atoms with E-state index < -0.39 is 0 Å². The summed E-state index contributed by atoms with van der Waals surface area (Å²) in [5.41, 5.74) is 1.87. The lowest BCUT2D eigenvalue weighted by Gasteiger charge is -2.31. The smallest absolute Gasteiger partial charge is 0.223 e. The van der Waals surface area contributed by atoms with Gasteiger partial charge in [0.05, 0.1) is 11.0 Å². The van der Waals surface area contributed by atoms with E-state index in [9.17, 15) is 4.79 Å². The molecule has 0 aliphatic carbocycles. The molecule has 1 fully saturated rings. The van der Waals surface area contributed by atoms with Crippen LogP contribution >= 0.6 is 11.6 Å². The number of rotatable bonds is 4. The van der Waals surface area contributed by atoms with E-state index in [1.807, 2.05) is 25.1 Å². The van der Waals surface area contributed by atoms with E-state index in [1.165, 1.54) is 0 Å². The molecule has 5 nitrogen and oxygen atoms in total. The van der Waals surface area contributed by atoms with E-state index in [4.69, 9.17) is 11.6 Å². The molecule has 1 aliphatic heterocycles. The van der Waals surface area contributed by atoms with Gasteiger partial charge in [0.15, 0.2) is 0 Å². The molecule has 2 heterocycles. The molecule has 1 saturated heterocycles. The van der Waals surface area contributed by atoms with E-state index in [1.54, 1.807) is 0 Å². The molecule has 3 rings (SSSR count). The topological polar surface area (TPSA) is 61.0 Å². The number of carbonyl (C=O) groups is 1. The van der Waals surface area contributed by atoms with Crippen LogP contribution in [0.3, 0.4) is 0 Å². The molecular weight excluding hydrogens is 312 g/mol. The average Bonchev–Trinajstić information content (AvgIpc) is 2.97. The molecule has 6 heteroatoms. The van der Waals surface area contributed by atoms with Gasteiger partial charge in [-0.1, -0.05) is 18.5 Å². The molecule has 1 aliphatic rings. The van der Waals surface area contributed by atoms with Crippen molar-refractivity contribution in [1.82, 2.24) is 15.3 Å². The molecule has 1 unspecified atom stereocenters. The number of imidazole rings is 1. The molecule has 124 valence electrons. The van der Waals surface area contributed by atoms with Gasteiger partial charge >= 0.3 is 0 Å². The Hall–Kier alpha value is -1.75. The third-order valence-electron chi connectivity index (χ3n) is 4.60. The molecule has 1 aromatic carbocycles. The average molecular weight is 335 g/mol. The summed E-state index contributed by atoms with van der Waals surface area (Å²) in [4.78, 5) is 22.4. The first kappa shape index (κ1) is 16.1. The van der Waals surface area contributed by atoms with Crippen LogP contribution < -0.4 is 10.2 Å². The fourth-order valence-electron chi connectivity index (χ4n) is 2.93. The van der Waals surface area contributed by atoms with E-state index in [-0.39, 0.29) is 17.9 Å². The van der Waals surface area contributed by atoms with Crippen LogP contribution in [0, 0.1) is 5.92 Å². The molecule has 23 heavy (non-hydrogen) atoms. The summed E-state index contributed by atoms with van der Waals surface area (Å²) >= 11 is 6.02. The Morgan fingerprint density at radius 2 is 2.22 bits per heavy atom. The number of hydrogen-bond donors (Lipinski definition) is 2. The lowest BCUT2D eigenvalue weighted by molar-refractivity contribution is -0.126. The fraction of sp³-hybridized carbons (Fsp3) is 0.529. The minimum absolute atomic E-state index is 0.110. The van der Waals surface area contributed by atoms with Gasteiger partial charge in [0.25, 0.3) is 0 Å². The number of anilines is 1. The number of hydrogen-bond acceptors (Lipinski definition) is 3. The van der Waals surface area contributed by atoms with E-state index >= 15 is 0 Å². The summed E-state index contributed by atoms with van der Waals surface area (Å²) in [6, 6.07) is 5.91. The minimum Gasteiger partial charge on any atom is -0.353 e. The zero-order chi connectivity index (χ0) is 16.4. The van der Waals surface area contributed by atoms with Gasteiger partial charge in [-0.3, -0.25) is 4.79 Å². The number of piperidine rings is 1. The maximum absolute atomic E-state index is 12.2. The number of fused-ring (bicyclic) bond motifs is 1. The van der Waals surface area contributed by atoms with Crippen LogP contribution in [0.4, 0.5) is 5.95 Å². The first-order chi connectivity index (χ1) is 11.1. The summed E-state index contributed by atoms with van der Waals surface area (Å²) in [7, 11) is 0. The number of amides is 1. The van der Waals surface area contributed by atoms with Crippen molar-refractivity contribution in [2.24, 2.45) is 5.92 Å². The largest absolute Gasteiger partial charge is 0.353 e. The molecule has 0 saturated carbocycles. The first-order valence-electron chi connectivity index (χ1n) is 8.27.